The number of hydrogen-bond donors (Lipinski definition) is 3. The van der Waals surface area contributed by atoms with Crippen LogP contribution in [0, 0.1) is 11.8 Å². The fourth-order valence-electron chi connectivity index (χ4n) is 2.62. The Morgan fingerprint density at radius 3 is 1.76 bits per heavy atom. The zero-order valence-electron chi connectivity index (χ0n) is 26.2. The van der Waals surface area contributed by atoms with Gasteiger partial charge in [-0.05, 0) is 57.0 Å². The quantitative estimate of drug-likeness (QED) is 0.109. The molecule has 0 radical (unpaired) electrons. The standard InChI is InChI=1S/C10H15N3.C10H12N2.C5H7N3.C5H10O.2ClH.Zn/c1-8(2)9(3)12-13-10-6-4-5-7-11-10;1-7-10(2,3)8-5-4-6-11-9(8)12-7;6-8-5-3-1-2-4-7-5;1-4(2)5(3)6;;;/h4-8H,1-3H3,(H,11,13);4-6H,1-3H3;1-4H,6H2,(H,7,8);4H,1-3H3;2*1H;/q;;;;;;+2/p-2/b12-9+;;;;;;. The SMILES string of the molecule is C/C(=N\Nc1ccccn1)C(C)C.CC(=O)C(C)C.CC1=Nc2ncccc2C1(C)C.NNc1ccccn1.[Cl][Zn][Cl]. The van der Waals surface area contributed by atoms with E-state index in [1.54, 1.807) is 31.6 Å². The van der Waals surface area contributed by atoms with Crippen molar-refractivity contribution in [3.8, 4) is 0 Å². The van der Waals surface area contributed by atoms with Gasteiger partial charge in [0.2, 0.25) is 0 Å². The van der Waals surface area contributed by atoms with Gasteiger partial charge in [0.05, 0.1) is 0 Å². The van der Waals surface area contributed by atoms with E-state index in [0.29, 0.717) is 11.7 Å². The normalized spacial score (nSPS) is 12.2. The fourth-order valence-corrected chi connectivity index (χ4v) is 2.62. The number of aliphatic imine (C=N–C) groups is 1. The van der Waals surface area contributed by atoms with E-state index in [9.17, 15) is 4.79 Å². The number of Topliss-reactive ketones (excluding diaryl/α,β-unsaturated/α-hetero) is 1. The van der Waals surface area contributed by atoms with Crippen LogP contribution in [0.5, 0.6) is 0 Å². The van der Waals surface area contributed by atoms with E-state index >= 15 is 0 Å². The molecule has 12 heteroatoms. The summed E-state index contributed by atoms with van der Waals surface area (Å²) in [7, 11) is 9.90. The summed E-state index contributed by atoms with van der Waals surface area (Å²) in [4.78, 5) is 26.7. The number of carbonyl (C=O) groups excluding carboxylic acids is 1. The van der Waals surface area contributed by atoms with Crippen LogP contribution >= 0.6 is 19.4 Å². The van der Waals surface area contributed by atoms with E-state index in [1.165, 1.54) is 5.56 Å². The number of nitrogen functional groups attached to an aromatic ring is 1. The van der Waals surface area contributed by atoms with E-state index in [-0.39, 0.29) is 17.1 Å². The molecule has 0 unspecified atom stereocenters. The van der Waals surface area contributed by atoms with Gasteiger partial charge in [0.1, 0.15) is 17.4 Å². The first kappa shape index (κ1) is 39.2. The number of pyridine rings is 3. The van der Waals surface area contributed by atoms with Crippen molar-refractivity contribution in [1.29, 1.82) is 0 Å². The summed E-state index contributed by atoms with van der Waals surface area (Å²) >= 11 is -0.931. The fraction of sp³-hybridized carbons (Fsp3) is 0.400. The van der Waals surface area contributed by atoms with Crippen LogP contribution in [0.15, 0.2) is 77.2 Å². The number of hydrazone groups is 1. The average molecular weight is 669 g/mol. The van der Waals surface area contributed by atoms with Gasteiger partial charge in [0, 0.05) is 46.9 Å². The molecule has 4 heterocycles. The molecule has 0 saturated carbocycles. The van der Waals surface area contributed by atoms with Gasteiger partial charge in [-0.1, -0.05) is 59.7 Å². The molecule has 0 saturated heterocycles. The number of fused-ring (bicyclic) bond motifs is 1. The molecule has 42 heavy (non-hydrogen) atoms. The van der Waals surface area contributed by atoms with E-state index in [4.69, 9.17) is 25.2 Å². The van der Waals surface area contributed by atoms with Crippen molar-refractivity contribution in [2.24, 2.45) is 27.8 Å². The first-order valence-electron chi connectivity index (χ1n) is 13.5. The van der Waals surface area contributed by atoms with Gasteiger partial charge < -0.3 is 5.43 Å². The van der Waals surface area contributed by atoms with Crippen LogP contribution in [0.1, 0.15) is 67.9 Å². The Morgan fingerprint density at radius 1 is 0.881 bits per heavy atom. The second kappa shape index (κ2) is 21.9. The summed E-state index contributed by atoms with van der Waals surface area (Å²) in [6.07, 6.45) is 5.20. The molecule has 9 nitrogen and oxygen atoms in total. The molecule has 3 aromatic rings. The third-order valence-electron chi connectivity index (χ3n) is 6.11. The van der Waals surface area contributed by atoms with Crippen LogP contribution in [0.2, 0.25) is 0 Å². The molecule has 0 bridgehead atoms. The number of rotatable bonds is 5. The van der Waals surface area contributed by atoms with Crippen molar-refractivity contribution in [2.75, 3.05) is 10.9 Å². The van der Waals surface area contributed by atoms with Crippen molar-refractivity contribution in [3.63, 3.8) is 0 Å². The molecule has 1 aliphatic heterocycles. The molecular formula is C30H44Cl2N8OZn. The number of hydrogen-bond acceptors (Lipinski definition) is 9. The Bertz CT molecular complexity index is 1220. The Balaban J connectivity index is 0.000000536. The Hall–Kier alpha value is -2.78. The minimum absolute atomic E-state index is 0.0730. The van der Waals surface area contributed by atoms with E-state index in [0.717, 1.165) is 23.1 Å². The zero-order valence-corrected chi connectivity index (χ0v) is 30.7. The van der Waals surface area contributed by atoms with Crippen molar-refractivity contribution < 1.29 is 19.9 Å². The number of halogens is 2. The molecule has 0 aliphatic carbocycles. The Morgan fingerprint density at radius 2 is 1.38 bits per heavy atom. The number of nitrogens with two attached hydrogens (primary N) is 1. The molecule has 4 N–H and O–H groups in total. The number of nitrogens with zero attached hydrogens (tertiary/aromatic N) is 5. The summed E-state index contributed by atoms with van der Waals surface area (Å²) in [6.45, 7) is 18.0. The molecule has 0 amide bonds. The molecular weight excluding hydrogens is 625 g/mol. The van der Waals surface area contributed by atoms with Gasteiger partial charge in [0.15, 0.2) is 5.82 Å². The van der Waals surface area contributed by atoms with Crippen molar-refractivity contribution >= 4 is 54.0 Å². The second-order valence-electron chi connectivity index (χ2n) is 10.2. The first-order chi connectivity index (χ1) is 19.8. The second-order valence-corrected chi connectivity index (χ2v) is 14.8. The average Bonchev–Trinajstić information content (AvgIpc) is 3.21. The summed E-state index contributed by atoms with van der Waals surface area (Å²) in [5, 5.41) is 4.20. The van der Waals surface area contributed by atoms with E-state index in [2.05, 4.69) is 76.6 Å². The molecule has 0 aromatic carbocycles. The van der Waals surface area contributed by atoms with Gasteiger partial charge in [-0.2, -0.15) is 5.10 Å². The number of ketones is 1. The van der Waals surface area contributed by atoms with E-state index < -0.39 is 15.1 Å². The van der Waals surface area contributed by atoms with Gasteiger partial charge >= 0.3 is 34.5 Å². The number of hydrazine groups is 1. The van der Waals surface area contributed by atoms with Crippen molar-refractivity contribution in [3.05, 3.63) is 72.7 Å². The maximum absolute atomic E-state index is 10.1. The van der Waals surface area contributed by atoms with Crippen LogP contribution in [0.4, 0.5) is 17.5 Å². The van der Waals surface area contributed by atoms with Gasteiger partial charge in [-0.15, -0.1) is 0 Å². The van der Waals surface area contributed by atoms with Gasteiger partial charge in [-0.3, -0.25) is 10.2 Å². The summed E-state index contributed by atoms with van der Waals surface area (Å²) in [5.74, 6) is 8.33. The van der Waals surface area contributed by atoms with Crippen LogP contribution in [0.25, 0.3) is 0 Å². The Kier molecular flexibility index (Phi) is 20.4. The van der Waals surface area contributed by atoms with E-state index in [1.807, 2.05) is 57.2 Å². The van der Waals surface area contributed by atoms with Crippen LogP contribution in [-0.2, 0) is 25.4 Å². The molecule has 0 atom stereocenters. The maximum atomic E-state index is 10.1. The molecule has 0 spiro atoms. The minimum atomic E-state index is -0.931. The summed E-state index contributed by atoms with van der Waals surface area (Å²) in [5.41, 5.74) is 8.85. The third-order valence-corrected chi connectivity index (χ3v) is 6.11. The van der Waals surface area contributed by atoms with Gasteiger partial charge in [-0.25, -0.2) is 25.8 Å². The molecule has 1 aliphatic rings. The topological polar surface area (TPSA) is 131 Å². The van der Waals surface area contributed by atoms with Crippen LogP contribution in [-0.4, -0.2) is 32.2 Å². The predicted octanol–water partition coefficient (Wildman–Crippen LogP) is 7.97. The number of aromatic nitrogens is 3. The van der Waals surface area contributed by atoms with Crippen molar-refractivity contribution in [1.82, 2.24) is 15.0 Å². The number of nitrogens with one attached hydrogen (secondary N) is 2. The number of carbonyl (C=O) groups is 1. The number of anilines is 2. The van der Waals surface area contributed by atoms with Gasteiger partial charge in [0.25, 0.3) is 0 Å². The first-order valence-corrected chi connectivity index (χ1v) is 21.3. The molecule has 0 fully saturated rings. The predicted molar refractivity (Wildman–Crippen MR) is 175 cm³/mol. The summed E-state index contributed by atoms with van der Waals surface area (Å²) < 4.78 is 0. The monoisotopic (exact) mass is 666 g/mol. The zero-order chi connectivity index (χ0) is 32.1. The van der Waals surface area contributed by atoms with Crippen LogP contribution in [0.3, 0.4) is 0 Å². The molecule has 3 aromatic heterocycles. The van der Waals surface area contributed by atoms with Crippen LogP contribution < -0.4 is 16.7 Å². The Labute approximate surface area is 266 Å². The molecule has 226 valence electrons. The summed E-state index contributed by atoms with van der Waals surface area (Å²) in [6, 6.07) is 15.2. The molecule has 4 rings (SSSR count). The van der Waals surface area contributed by atoms with Crippen molar-refractivity contribution in [2.45, 2.75) is 67.7 Å². The third kappa shape index (κ3) is 16.0.